The van der Waals surface area contributed by atoms with Crippen molar-refractivity contribution < 1.29 is 34.8 Å². The molecule has 0 spiro atoms. The highest BCUT2D eigenvalue weighted by Gasteiger charge is 2.44. The Kier molecular flexibility index (Phi) is 3.92. The van der Waals surface area contributed by atoms with Crippen LogP contribution in [0.25, 0.3) is 0 Å². The topological polar surface area (TPSA) is 132 Å². The average Bonchev–Trinajstić information content (AvgIpc) is 2.67. The normalized spacial score (nSPS) is 20.4. The highest BCUT2D eigenvalue weighted by molar-refractivity contribution is 6.31. The van der Waals surface area contributed by atoms with Crippen LogP contribution in [0.3, 0.4) is 0 Å². The van der Waals surface area contributed by atoms with E-state index in [1.54, 1.807) is 19.1 Å². The van der Waals surface area contributed by atoms with Crippen molar-refractivity contribution in [1.29, 1.82) is 0 Å². The predicted octanol–water partition coefficient (Wildman–Crippen LogP) is 0.963. The molecule has 4 rings (SSSR count). The molecule has 4 N–H and O–H groups in total. The number of aryl methyl sites for hydroxylation is 1. The summed E-state index contributed by atoms with van der Waals surface area (Å²) in [6.07, 6.45) is -0.439. The van der Waals surface area contributed by atoms with E-state index in [1.165, 1.54) is 6.07 Å². The van der Waals surface area contributed by atoms with Gasteiger partial charge in [0.25, 0.3) is 0 Å². The van der Waals surface area contributed by atoms with Gasteiger partial charge in [-0.3, -0.25) is 14.4 Å². The Balaban J connectivity index is 1.97. The molecular weight excluding hydrogens is 364 g/mol. The summed E-state index contributed by atoms with van der Waals surface area (Å²) < 4.78 is 0. The minimum absolute atomic E-state index is 0.00630. The smallest absolute Gasteiger partial charge is 0.198 e. The van der Waals surface area contributed by atoms with E-state index in [2.05, 4.69) is 0 Å². The van der Waals surface area contributed by atoms with Gasteiger partial charge in [0.1, 0.15) is 23.7 Å². The maximum Gasteiger partial charge on any atom is 0.198 e. The lowest BCUT2D eigenvalue weighted by atomic mass is 9.73. The Hall–Kier alpha value is -3.03. The summed E-state index contributed by atoms with van der Waals surface area (Å²) in [6, 6.07) is 4.79. The van der Waals surface area contributed by atoms with E-state index in [0.717, 1.165) is 0 Å². The summed E-state index contributed by atoms with van der Waals surface area (Å²) in [5.41, 5.74) is -1.30. The number of rotatable bonds is 2. The number of hydrogen-bond acceptors (Lipinski definition) is 7. The van der Waals surface area contributed by atoms with Crippen molar-refractivity contribution in [1.82, 2.24) is 0 Å². The second-order valence-corrected chi connectivity index (χ2v) is 7.35. The number of Topliss-reactive ketones (excluding diaryl/α,β-unsaturated/α-hetero) is 1. The van der Waals surface area contributed by atoms with Crippen LogP contribution in [0.4, 0.5) is 0 Å². The quantitative estimate of drug-likeness (QED) is 0.485. The van der Waals surface area contributed by atoms with Crippen LogP contribution in [0.15, 0.2) is 18.2 Å². The third kappa shape index (κ3) is 2.26. The Labute approximate surface area is 159 Å². The summed E-state index contributed by atoms with van der Waals surface area (Å²) in [5.74, 6) is -2.89. The molecule has 2 aromatic carbocycles. The molecule has 144 valence electrons. The number of aromatic hydroxyl groups is 2. The molecule has 7 heteroatoms. The number of phenols is 2. The van der Waals surface area contributed by atoms with Gasteiger partial charge in [-0.25, -0.2) is 0 Å². The van der Waals surface area contributed by atoms with Crippen LogP contribution in [0.2, 0.25) is 0 Å². The van der Waals surface area contributed by atoms with E-state index < -0.39 is 41.1 Å². The number of ketones is 3. The number of carbonyl (C=O) groups excluding carboxylic acids is 3. The van der Waals surface area contributed by atoms with E-state index in [0.29, 0.717) is 5.56 Å². The van der Waals surface area contributed by atoms with Crippen molar-refractivity contribution >= 4 is 17.3 Å². The predicted molar refractivity (Wildman–Crippen MR) is 96.9 cm³/mol. The van der Waals surface area contributed by atoms with Crippen molar-refractivity contribution in [2.45, 2.75) is 31.8 Å². The average molecular weight is 382 g/mol. The van der Waals surface area contributed by atoms with E-state index in [1.807, 2.05) is 0 Å². The van der Waals surface area contributed by atoms with E-state index in [9.17, 15) is 29.7 Å². The molecule has 28 heavy (non-hydrogen) atoms. The molecule has 1 atom stereocenters. The van der Waals surface area contributed by atoms with Crippen molar-refractivity contribution in [3.8, 4) is 11.5 Å². The van der Waals surface area contributed by atoms with E-state index >= 15 is 0 Å². The molecule has 0 heterocycles. The molecule has 0 unspecified atom stereocenters. The van der Waals surface area contributed by atoms with Crippen LogP contribution in [0.5, 0.6) is 11.5 Å². The molecule has 2 aliphatic rings. The summed E-state index contributed by atoms with van der Waals surface area (Å²) in [4.78, 5) is 38.0. The van der Waals surface area contributed by atoms with Crippen LogP contribution >= 0.6 is 0 Å². The second-order valence-electron chi connectivity index (χ2n) is 7.35. The van der Waals surface area contributed by atoms with Gasteiger partial charge in [0.05, 0.1) is 11.1 Å². The first-order chi connectivity index (χ1) is 13.2. The lowest BCUT2D eigenvalue weighted by molar-refractivity contribution is -0.141. The summed E-state index contributed by atoms with van der Waals surface area (Å²) in [6.45, 7) is 0.818. The van der Waals surface area contributed by atoms with Crippen molar-refractivity contribution in [2.75, 3.05) is 6.61 Å². The van der Waals surface area contributed by atoms with Crippen molar-refractivity contribution in [3.63, 3.8) is 0 Å². The van der Waals surface area contributed by atoms with Crippen molar-refractivity contribution in [3.05, 3.63) is 57.1 Å². The SMILES string of the molecule is Cc1cccc2c1C(=O)c1c(O)c3c(c(O)c1C2=O)C[C@@](O)(C(=O)CO)CC3. The largest absolute Gasteiger partial charge is 0.507 e. The fourth-order valence-electron chi connectivity index (χ4n) is 4.24. The Morgan fingerprint density at radius 1 is 1.04 bits per heavy atom. The third-order valence-corrected chi connectivity index (χ3v) is 5.78. The van der Waals surface area contributed by atoms with Gasteiger partial charge in [0, 0.05) is 28.7 Å². The van der Waals surface area contributed by atoms with E-state index in [4.69, 9.17) is 5.11 Å². The lowest BCUT2D eigenvalue weighted by Crippen LogP contribution is -2.45. The van der Waals surface area contributed by atoms with Gasteiger partial charge in [-0.15, -0.1) is 0 Å². The molecular formula is C21H18O7. The number of carbonyl (C=O) groups is 3. The molecule has 0 amide bonds. The van der Waals surface area contributed by atoms with Crippen LogP contribution in [0, 0.1) is 6.92 Å². The fourth-order valence-corrected chi connectivity index (χ4v) is 4.24. The maximum absolute atomic E-state index is 13.1. The van der Waals surface area contributed by atoms with Gasteiger partial charge < -0.3 is 20.4 Å². The first-order valence-corrected chi connectivity index (χ1v) is 8.86. The molecule has 0 radical (unpaired) electrons. The van der Waals surface area contributed by atoms with Crippen LogP contribution in [-0.2, 0) is 17.6 Å². The number of phenolic OH excluding ortho intramolecular Hbond substituents is 2. The minimum Gasteiger partial charge on any atom is -0.507 e. The van der Waals surface area contributed by atoms with Gasteiger partial charge in [-0.2, -0.15) is 0 Å². The number of hydrogen-bond donors (Lipinski definition) is 4. The molecule has 7 nitrogen and oxygen atoms in total. The zero-order valence-corrected chi connectivity index (χ0v) is 15.1. The first kappa shape index (κ1) is 18.3. The van der Waals surface area contributed by atoms with Gasteiger partial charge in [0.2, 0.25) is 0 Å². The van der Waals surface area contributed by atoms with Crippen LogP contribution < -0.4 is 0 Å². The minimum atomic E-state index is -1.91. The summed E-state index contributed by atoms with van der Waals surface area (Å²) in [7, 11) is 0. The third-order valence-electron chi connectivity index (χ3n) is 5.78. The highest BCUT2D eigenvalue weighted by atomic mass is 16.3. The van der Waals surface area contributed by atoms with Crippen molar-refractivity contribution in [2.24, 2.45) is 0 Å². The second kappa shape index (κ2) is 5.98. The number of aliphatic hydroxyl groups excluding tert-OH is 1. The Bertz CT molecular complexity index is 1080. The zero-order valence-electron chi connectivity index (χ0n) is 15.1. The standard InChI is InChI=1S/C21H18O7/c1-9-3-2-4-11-14(9)20(27)16-15(18(11)25)19(26)12-7-21(28,13(23)8-22)6-5-10(12)17(16)24/h2-4,22,24,26,28H,5-8H2,1H3/t21-/m1/s1. The molecule has 0 saturated carbocycles. The summed E-state index contributed by atoms with van der Waals surface area (Å²) in [5, 5.41) is 41.3. The van der Waals surface area contributed by atoms with Gasteiger partial charge >= 0.3 is 0 Å². The fraction of sp³-hybridized carbons (Fsp3) is 0.286. The molecule has 0 aromatic heterocycles. The van der Waals surface area contributed by atoms with Gasteiger partial charge in [0.15, 0.2) is 17.3 Å². The molecule has 0 aliphatic heterocycles. The van der Waals surface area contributed by atoms with Gasteiger partial charge in [-0.05, 0) is 25.3 Å². The molecule has 2 aliphatic carbocycles. The van der Waals surface area contributed by atoms with Gasteiger partial charge in [-0.1, -0.05) is 18.2 Å². The summed E-state index contributed by atoms with van der Waals surface area (Å²) >= 11 is 0. The van der Waals surface area contributed by atoms with Crippen LogP contribution in [-0.4, -0.2) is 50.0 Å². The molecule has 0 fully saturated rings. The number of fused-ring (bicyclic) bond motifs is 3. The number of benzene rings is 2. The monoisotopic (exact) mass is 382 g/mol. The maximum atomic E-state index is 13.1. The first-order valence-electron chi connectivity index (χ1n) is 8.86. The molecule has 0 saturated heterocycles. The molecule has 2 aromatic rings. The molecule has 0 bridgehead atoms. The Morgan fingerprint density at radius 2 is 1.68 bits per heavy atom. The highest BCUT2D eigenvalue weighted by Crippen LogP contribution is 2.47. The van der Waals surface area contributed by atoms with Crippen LogP contribution in [0.1, 0.15) is 55.0 Å². The zero-order chi connectivity index (χ0) is 20.4. The number of aliphatic hydroxyl groups is 2. The van der Waals surface area contributed by atoms with E-state index in [-0.39, 0.29) is 52.6 Å². The lowest BCUT2D eigenvalue weighted by Gasteiger charge is -2.34. The Morgan fingerprint density at radius 3 is 2.36 bits per heavy atom.